The molecule has 1 saturated heterocycles. The Bertz CT molecular complexity index is 516. The first-order valence-electron chi connectivity index (χ1n) is 8.10. The summed E-state index contributed by atoms with van der Waals surface area (Å²) in [6.07, 6.45) is 7.95. The minimum Gasteiger partial charge on any atom is -0.353 e. The normalized spacial score (nSPS) is 19.5. The van der Waals surface area contributed by atoms with Gasteiger partial charge in [-0.05, 0) is 56.5 Å². The van der Waals surface area contributed by atoms with Crippen molar-refractivity contribution in [3.8, 4) is 0 Å². The van der Waals surface area contributed by atoms with Gasteiger partial charge in [-0.1, -0.05) is 18.6 Å². The van der Waals surface area contributed by atoms with E-state index in [0.717, 1.165) is 13.0 Å². The van der Waals surface area contributed by atoms with Crippen molar-refractivity contribution >= 4 is 12.0 Å². The molecule has 0 bridgehead atoms. The van der Waals surface area contributed by atoms with E-state index in [9.17, 15) is 9.18 Å². The second-order valence-electron chi connectivity index (χ2n) is 5.91. The van der Waals surface area contributed by atoms with Crippen LogP contribution in [0.4, 0.5) is 4.39 Å². The van der Waals surface area contributed by atoms with Gasteiger partial charge in [-0.15, -0.1) is 0 Å². The zero-order valence-electron chi connectivity index (χ0n) is 13.2. The minimum absolute atomic E-state index is 0.129. The average Bonchev–Trinajstić information content (AvgIpc) is 2.51. The first kappa shape index (κ1) is 16.7. The predicted octanol–water partition coefficient (Wildman–Crippen LogP) is 3.22. The van der Waals surface area contributed by atoms with Gasteiger partial charge < -0.3 is 10.2 Å². The first-order chi connectivity index (χ1) is 10.6. The van der Waals surface area contributed by atoms with Crippen molar-refractivity contribution in [2.75, 3.05) is 19.6 Å². The van der Waals surface area contributed by atoms with E-state index in [1.165, 1.54) is 44.0 Å². The highest BCUT2D eigenvalue weighted by molar-refractivity contribution is 5.91. The smallest absolute Gasteiger partial charge is 0.243 e. The maximum atomic E-state index is 13.0. The van der Waals surface area contributed by atoms with Gasteiger partial charge in [-0.3, -0.25) is 4.79 Å². The molecule has 1 amide bonds. The molecule has 120 valence electrons. The Labute approximate surface area is 132 Å². The molecule has 1 aliphatic rings. The highest BCUT2D eigenvalue weighted by atomic mass is 19.1. The van der Waals surface area contributed by atoms with E-state index in [0.29, 0.717) is 18.2 Å². The van der Waals surface area contributed by atoms with E-state index >= 15 is 0 Å². The maximum absolute atomic E-state index is 13.0. The van der Waals surface area contributed by atoms with Crippen LogP contribution >= 0.6 is 0 Å². The number of carbonyl (C=O) groups excluding carboxylic acids is 1. The topological polar surface area (TPSA) is 32.3 Å². The van der Waals surface area contributed by atoms with Gasteiger partial charge in [0.15, 0.2) is 0 Å². The van der Waals surface area contributed by atoms with Gasteiger partial charge in [-0.25, -0.2) is 4.39 Å². The highest BCUT2D eigenvalue weighted by Gasteiger charge is 2.16. The summed E-state index contributed by atoms with van der Waals surface area (Å²) in [6.45, 7) is 5.17. The van der Waals surface area contributed by atoms with Crippen LogP contribution in [0.3, 0.4) is 0 Å². The van der Waals surface area contributed by atoms with Crippen molar-refractivity contribution in [3.05, 3.63) is 41.7 Å². The first-order valence-corrected chi connectivity index (χ1v) is 8.10. The Morgan fingerprint density at radius 2 is 2.32 bits per heavy atom. The van der Waals surface area contributed by atoms with Crippen molar-refractivity contribution in [1.82, 2.24) is 10.2 Å². The van der Waals surface area contributed by atoms with Crippen molar-refractivity contribution in [2.24, 2.45) is 0 Å². The summed E-state index contributed by atoms with van der Waals surface area (Å²) in [6, 6.07) is 6.86. The van der Waals surface area contributed by atoms with E-state index in [2.05, 4.69) is 17.1 Å². The Balaban J connectivity index is 1.65. The maximum Gasteiger partial charge on any atom is 0.243 e. The molecule has 0 spiro atoms. The SMILES string of the molecule is C[C@H]1CCCCN1CCCNC(=O)/C=C/c1cccc(F)c1. The number of hydrogen-bond acceptors (Lipinski definition) is 2. The fourth-order valence-electron chi connectivity index (χ4n) is 2.82. The zero-order valence-corrected chi connectivity index (χ0v) is 13.2. The Kier molecular flexibility index (Phi) is 6.59. The molecule has 1 N–H and O–H groups in total. The van der Waals surface area contributed by atoms with Gasteiger partial charge in [0, 0.05) is 25.2 Å². The van der Waals surface area contributed by atoms with Gasteiger partial charge in [0.25, 0.3) is 0 Å². The second-order valence-corrected chi connectivity index (χ2v) is 5.91. The molecule has 3 nitrogen and oxygen atoms in total. The summed E-state index contributed by atoms with van der Waals surface area (Å²) in [5.41, 5.74) is 0.692. The molecular weight excluding hydrogens is 279 g/mol. The molecule has 1 atom stereocenters. The molecule has 4 heteroatoms. The number of piperidine rings is 1. The Morgan fingerprint density at radius 1 is 1.45 bits per heavy atom. The van der Waals surface area contributed by atoms with Crippen LogP contribution in [0.1, 0.15) is 38.2 Å². The minimum atomic E-state index is -0.293. The number of nitrogens with zero attached hydrogens (tertiary/aromatic N) is 1. The lowest BCUT2D eigenvalue weighted by Gasteiger charge is -2.33. The van der Waals surface area contributed by atoms with Crippen molar-refractivity contribution < 1.29 is 9.18 Å². The number of nitrogens with one attached hydrogen (secondary N) is 1. The van der Waals surface area contributed by atoms with Crippen LogP contribution in [0.15, 0.2) is 30.3 Å². The molecule has 1 aromatic rings. The Morgan fingerprint density at radius 3 is 3.09 bits per heavy atom. The van der Waals surface area contributed by atoms with Gasteiger partial charge in [0.05, 0.1) is 0 Å². The molecule has 0 saturated carbocycles. The number of likely N-dealkylation sites (tertiary alicyclic amines) is 1. The molecule has 1 fully saturated rings. The summed E-state index contributed by atoms with van der Waals surface area (Å²) >= 11 is 0. The third-order valence-electron chi connectivity index (χ3n) is 4.14. The van der Waals surface area contributed by atoms with Gasteiger partial charge in [0.1, 0.15) is 5.82 Å². The van der Waals surface area contributed by atoms with E-state index in [1.807, 2.05) is 0 Å². The summed E-state index contributed by atoms with van der Waals surface area (Å²) in [5.74, 6) is -0.422. The van der Waals surface area contributed by atoms with Crippen molar-refractivity contribution in [1.29, 1.82) is 0 Å². The van der Waals surface area contributed by atoms with Crippen LogP contribution < -0.4 is 5.32 Å². The average molecular weight is 304 g/mol. The van der Waals surface area contributed by atoms with Crippen LogP contribution in [-0.4, -0.2) is 36.5 Å². The molecule has 2 rings (SSSR count). The van der Waals surface area contributed by atoms with Crippen LogP contribution in [0.25, 0.3) is 6.08 Å². The Hall–Kier alpha value is -1.68. The van der Waals surface area contributed by atoms with Crippen LogP contribution in [-0.2, 0) is 4.79 Å². The van der Waals surface area contributed by atoms with E-state index in [-0.39, 0.29) is 11.7 Å². The van der Waals surface area contributed by atoms with E-state index < -0.39 is 0 Å². The number of carbonyl (C=O) groups is 1. The van der Waals surface area contributed by atoms with Crippen LogP contribution in [0.5, 0.6) is 0 Å². The summed E-state index contributed by atoms with van der Waals surface area (Å²) in [4.78, 5) is 14.2. The number of rotatable bonds is 6. The predicted molar refractivity (Wildman–Crippen MR) is 87.9 cm³/mol. The number of benzene rings is 1. The molecule has 0 radical (unpaired) electrons. The summed E-state index contributed by atoms with van der Waals surface area (Å²) < 4.78 is 13.0. The number of halogens is 1. The van der Waals surface area contributed by atoms with Crippen LogP contribution in [0.2, 0.25) is 0 Å². The molecule has 0 aromatic heterocycles. The van der Waals surface area contributed by atoms with Crippen LogP contribution in [0, 0.1) is 5.82 Å². The zero-order chi connectivity index (χ0) is 15.8. The molecule has 1 aromatic carbocycles. The van der Waals surface area contributed by atoms with Gasteiger partial charge in [0.2, 0.25) is 5.91 Å². The monoisotopic (exact) mass is 304 g/mol. The summed E-state index contributed by atoms with van der Waals surface area (Å²) in [7, 11) is 0. The largest absolute Gasteiger partial charge is 0.353 e. The van der Waals surface area contributed by atoms with Gasteiger partial charge in [-0.2, -0.15) is 0 Å². The highest BCUT2D eigenvalue weighted by Crippen LogP contribution is 2.16. The lowest BCUT2D eigenvalue weighted by molar-refractivity contribution is -0.116. The second kappa shape index (κ2) is 8.69. The van der Waals surface area contributed by atoms with E-state index in [1.54, 1.807) is 18.2 Å². The molecule has 1 heterocycles. The van der Waals surface area contributed by atoms with Crippen molar-refractivity contribution in [2.45, 2.75) is 38.6 Å². The lowest BCUT2D eigenvalue weighted by Crippen LogP contribution is -2.39. The third-order valence-corrected chi connectivity index (χ3v) is 4.14. The van der Waals surface area contributed by atoms with Gasteiger partial charge >= 0.3 is 0 Å². The molecule has 0 aliphatic carbocycles. The molecular formula is C18H25FN2O. The number of amides is 1. The molecule has 1 aliphatic heterocycles. The standard InChI is InChI=1S/C18H25FN2O/c1-15-6-2-3-12-21(15)13-5-11-20-18(22)10-9-16-7-4-8-17(19)14-16/h4,7-10,14-15H,2-3,5-6,11-13H2,1H3,(H,20,22)/b10-9+/t15-/m0/s1. The fourth-order valence-corrected chi connectivity index (χ4v) is 2.82. The van der Waals surface area contributed by atoms with E-state index in [4.69, 9.17) is 0 Å². The molecule has 22 heavy (non-hydrogen) atoms. The molecule has 0 unspecified atom stereocenters. The number of hydrogen-bond donors (Lipinski definition) is 1. The quantitative estimate of drug-likeness (QED) is 0.646. The third kappa shape index (κ3) is 5.60. The lowest BCUT2D eigenvalue weighted by atomic mass is 10.0. The fraction of sp³-hybridized carbons (Fsp3) is 0.500. The van der Waals surface area contributed by atoms with Crippen molar-refractivity contribution in [3.63, 3.8) is 0 Å². The summed E-state index contributed by atoms with van der Waals surface area (Å²) in [5, 5.41) is 2.88.